The molecule has 1 aromatic rings. The normalized spacial score (nSPS) is 22.1. The lowest BCUT2D eigenvalue weighted by Gasteiger charge is -2.37. The highest BCUT2D eigenvalue weighted by atomic mass is 32.1. The highest BCUT2D eigenvalue weighted by Gasteiger charge is 2.38. The fourth-order valence-electron chi connectivity index (χ4n) is 2.90. The van der Waals surface area contributed by atoms with Crippen molar-refractivity contribution in [2.75, 3.05) is 7.11 Å². The van der Waals surface area contributed by atoms with E-state index in [9.17, 15) is 0 Å². The Morgan fingerprint density at radius 2 is 1.94 bits per heavy atom. The van der Waals surface area contributed by atoms with Gasteiger partial charge in [-0.05, 0) is 36.8 Å². The SMILES string of the molecule is COC1(C(N)c2csc(C)c2)CCCCCC1. The van der Waals surface area contributed by atoms with E-state index >= 15 is 0 Å². The number of hydrogen-bond acceptors (Lipinski definition) is 3. The van der Waals surface area contributed by atoms with Crippen molar-refractivity contribution < 1.29 is 4.74 Å². The summed E-state index contributed by atoms with van der Waals surface area (Å²) in [5.74, 6) is 0. The van der Waals surface area contributed by atoms with Gasteiger partial charge >= 0.3 is 0 Å². The van der Waals surface area contributed by atoms with E-state index in [1.54, 1.807) is 11.3 Å². The topological polar surface area (TPSA) is 35.2 Å². The zero-order valence-corrected chi connectivity index (χ0v) is 11.7. The number of nitrogens with two attached hydrogens (primary N) is 1. The molecule has 0 aliphatic heterocycles. The van der Waals surface area contributed by atoms with E-state index in [1.165, 1.54) is 36.1 Å². The van der Waals surface area contributed by atoms with Crippen molar-refractivity contribution in [1.82, 2.24) is 0 Å². The third-order valence-corrected chi connectivity index (χ3v) is 4.91. The standard InChI is InChI=1S/C14H23NOS/c1-11-9-12(10-17-11)13(15)14(16-2)7-5-3-4-6-8-14/h9-10,13H,3-8,15H2,1-2H3. The van der Waals surface area contributed by atoms with E-state index in [4.69, 9.17) is 10.5 Å². The summed E-state index contributed by atoms with van der Waals surface area (Å²) >= 11 is 1.78. The van der Waals surface area contributed by atoms with E-state index in [0.717, 1.165) is 12.8 Å². The van der Waals surface area contributed by atoms with Gasteiger partial charge < -0.3 is 10.5 Å². The zero-order valence-electron chi connectivity index (χ0n) is 10.9. The van der Waals surface area contributed by atoms with Crippen LogP contribution in [0, 0.1) is 6.92 Å². The maximum atomic E-state index is 6.48. The minimum absolute atomic E-state index is 0.0237. The minimum Gasteiger partial charge on any atom is -0.376 e. The van der Waals surface area contributed by atoms with Crippen molar-refractivity contribution in [3.05, 3.63) is 21.9 Å². The molecule has 0 spiro atoms. The highest BCUT2D eigenvalue weighted by Crippen LogP contribution is 2.39. The van der Waals surface area contributed by atoms with Crippen molar-refractivity contribution in [2.45, 2.75) is 57.1 Å². The molecule has 2 nitrogen and oxygen atoms in total. The Morgan fingerprint density at radius 1 is 1.29 bits per heavy atom. The summed E-state index contributed by atoms with van der Waals surface area (Å²) in [5.41, 5.74) is 7.59. The van der Waals surface area contributed by atoms with Gasteiger partial charge in [0.25, 0.3) is 0 Å². The Morgan fingerprint density at radius 3 is 2.41 bits per heavy atom. The van der Waals surface area contributed by atoms with E-state index in [2.05, 4.69) is 18.4 Å². The molecule has 1 aliphatic carbocycles. The molecule has 0 saturated heterocycles. The van der Waals surface area contributed by atoms with Gasteiger partial charge in [0.05, 0.1) is 11.6 Å². The van der Waals surface area contributed by atoms with Crippen LogP contribution in [0.25, 0.3) is 0 Å². The molecule has 1 aromatic heterocycles. The fourth-order valence-corrected chi connectivity index (χ4v) is 3.64. The summed E-state index contributed by atoms with van der Waals surface area (Å²) in [4.78, 5) is 1.33. The lowest BCUT2D eigenvalue weighted by atomic mass is 9.83. The molecule has 1 atom stereocenters. The summed E-state index contributed by atoms with van der Waals surface area (Å²) < 4.78 is 5.86. The first kappa shape index (κ1) is 13.1. The van der Waals surface area contributed by atoms with Gasteiger partial charge in [0, 0.05) is 12.0 Å². The highest BCUT2D eigenvalue weighted by molar-refractivity contribution is 7.10. The Hall–Kier alpha value is -0.380. The van der Waals surface area contributed by atoms with Crippen LogP contribution in [-0.2, 0) is 4.74 Å². The maximum Gasteiger partial charge on any atom is 0.0870 e. The molecule has 3 heteroatoms. The Bertz CT molecular complexity index is 353. The molecule has 1 unspecified atom stereocenters. The molecule has 2 rings (SSSR count). The maximum absolute atomic E-state index is 6.48. The predicted molar refractivity (Wildman–Crippen MR) is 73.4 cm³/mol. The van der Waals surface area contributed by atoms with Crippen LogP contribution in [0.5, 0.6) is 0 Å². The van der Waals surface area contributed by atoms with E-state index in [0.29, 0.717) is 0 Å². The first-order chi connectivity index (χ1) is 8.18. The monoisotopic (exact) mass is 253 g/mol. The van der Waals surface area contributed by atoms with Gasteiger partial charge in [-0.2, -0.15) is 0 Å². The first-order valence-corrected chi connectivity index (χ1v) is 7.42. The molecule has 1 aliphatic rings. The quantitative estimate of drug-likeness (QED) is 0.832. The third-order valence-electron chi connectivity index (χ3n) is 4.03. The van der Waals surface area contributed by atoms with Crippen molar-refractivity contribution >= 4 is 11.3 Å². The van der Waals surface area contributed by atoms with Gasteiger partial charge in [-0.15, -0.1) is 11.3 Å². The molecule has 1 heterocycles. The summed E-state index contributed by atoms with van der Waals surface area (Å²) in [6.45, 7) is 2.13. The molecule has 2 N–H and O–H groups in total. The largest absolute Gasteiger partial charge is 0.376 e. The van der Waals surface area contributed by atoms with E-state index in [-0.39, 0.29) is 11.6 Å². The van der Waals surface area contributed by atoms with Crippen LogP contribution in [0.15, 0.2) is 11.4 Å². The van der Waals surface area contributed by atoms with Gasteiger partial charge in [-0.25, -0.2) is 0 Å². The molecule has 1 fully saturated rings. The average molecular weight is 253 g/mol. The first-order valence-electron chi connectivity index (χ1n) is 6.54. The predicted octanol–water partition coefficient (Wildman–Crippen LogP) is 3.80. The number of aryl methyl sites for hydroxylation is 1. The van der Waals surface area contributed by atoms with E-state index < -0.39 is 0 Å². The second kappa shape index (κ2) is 5.51. The summed E-state index contributed by atoms with van der Waals surface area (Å²) in [5, 5.41) is 2.19. The average Bonchev–Trinajstić information content (AvgIpc) is 2.64. The molecule has 0 radical (unpaired) electrons. The van der Waals surface area contributed by atoms with Crippen molar-refractivity contribution in [2.24, 2.45) is 5.73 Å². The lowest BCUT2D eigenvalue weighted by Crippen LogP contribution is -2.42. The van der Waals surface area contributed by atoms with Crippen LogP contribution in [0.2, 0.25) is 0 Å². The van der Waals surface area contributed by atoms with Crippen LogP contribution >= 0.6 is 11.3 Å². The second-order valence-corrected chi connectivity index (χ2v) is 6.27. The number of rotatable bonds is 3. The van der Waals surface area contributed by atoms with Crippen LogP contribution in [0.3, 0.4) is 0 Å². The number of hydrogen-bond donors (Lipinski definition) is 1. The van der Waals surface area contributed by atoms with Gasteiger partial charge in [-0.1, -0.05) is 25.7 Å². The van der Waals surface area contributed by atoms with Gasteiger partial charge in [0.15, 0.2) is 0 Å². The summed E-state index contributed by atoms with van der Waals surface area (Å²) in [6.07, 6.45) is 7.31. The van der Waals surface area contributed by atoms with Gasteiger partial charge in [0.1, 0.15) is 0 Å². The van der Waals surface area contributed by atoms with Crippen molar-refractivity contribution in [3.63, 3.8) is 0 Å². The van der Waals surface area contributed by atoms with Crippen LogP contribution in [-0.4, -0.2) is 12.7 Å². The van der Waals surface area contributed by atoms with Crippen LogP contribution in [0.1, 0.15) is 55.0 Å². The molecular weight excluding hydrogens is 230 g/mol. The summed E-state index contributed by atoms with van der Waals surface area (Å²) in [7, 11) is 1.82. The summed E-state index contributed by atoms with van der Waals surface area (Å²) in [6, 6.07) is 2.23. The molecule has 1 saturated carbocycles. The number of methoxy groups -OCH3 is 1. The molecule has 0 bridgehead atoms. The molecule has 0 amide bonds. The minimum atomic E-state index is -0.135. The number of thiophene rings is 1. The van der Waals surface area contributed by atoms with Gasteiger partial charge in [0.2, 0.25) is 0 Å². The van der Waals surface area contributed by atoms with Crippen molar-refractivity contribution in [3.8, 4) is 0 Å². The smallest absolute Gasteiger partial charge is 0.0870 e. The molecule has 17 heavy (non-hydrogen) atoms. The Kier molecular flexibility index (Phi) is 4.23. The zero-order chi connectivity index (χ0) is 12.3. The van der Waals surface area contributed by atoms with Crippen molar-refractivity contribution in [1.29, 1.82) is 0 Å². The van der Waals surface area contributed by atoms with E-state index in [1.807, 2.05) is 7.11 Å². The molecule has 96 valence electrons. The Labute approximate surface area is 108 Å². The third kappa shape index (κ3) is 2.72. The lowest BCUT2D eigenvalue weighted by molar-refractivity contribution is -0.0441. The molecular formula is C14H23NOS. The number of ether oxygens (including phenoxy) is 1. The second-order valence-electron chi connectivity index (χ2n) is 5.15. The fraction of sp³-hybridized carbons (Fsp3) is 0.714. The Balaban J connectivity index is 2.21. The van der Waals surface area contributed by atoms with Crippen LogP contribution < -0.4 is 5.73 Å². The van der Waals surface area contributed by atoms with Crippen LogP contribution in [0.4, 0.5) is 0 Å². The van der Waals surface area contributed by atoms with Gasteiger partial charge in [-0.3, -0.25) is 0 Å². The molecule has 0 aromatic carbocycles.